The zero-order chi connectivity index (χ0) is 29.4. The molecule has 9 nitrogen and oxygen atoms in total. The maximum atomic E-state index is 9.91. The second-order valence-electron chi connectivity index (χ2n) is 9.19. The molecule has 0 aromatic heterocycles. The van der Waals surface area contributed by atoms with Gasteiger partial charge in [-0.3, -0.25) is 0 Å². The smallest absolute Gasteiger partial charge is 0.328 e. The SMILES string of the molecule is COc1ccc(C#CC(C)(C)O)c(CCCN(C)CCc2ccc(OC)c(OC)c2)c1.O=C(O)C=CC(=O)O. The predicted octanol–water partition coefficient (Wildman–Crippen LogP) is 3.65. The Bertz CT molecular complexity index is 1160. The monoisotopic (exact) mass is 541 g/mol. The molecular weight excluding hydrogens is 502 g/mol. The molecule has 0 saturated heterocycles. The number of aliphatic carboxylic acids is 2. The average molecular weight is 542 g/mol. The molecule has 0 aliphatic rings. The molecular formula is C30H39NO8. The highest BCUT2D eigenvalue weighted by molar-refractivity contribution is 5.89. The lowest BCUT2D eigenvalue weighted by Gasteiger charge is -2.17. The van der Waals surface area contributed by atoms with Crippen molar-refractivity contribution in [3.63, 3.8) is 0 Å². The van der Waals surface area contributed by atoms with Crippen LogP contribution in [0.5, 0.6) is 17.2 Å². The van der Waals surface area contributed by atoms with Crippen molar-refractivity contribution in [3.8, 4) is 29.1 Å². The highest BCUT2D eigenvalue weighted by Crippen LogP contribution is 2.27. The number of nitrogens with zero attached hydrogens (tertiary/aromatic N) is 1. The Balaban J connectivity index is 0.000000824. The summed E-state index contributed by atoms with van der Waals surface area (Å²) in [5, 5.41) is 25.5. The average Bonchev–Trinajstić information content (AvgIpc) is 2.89. The van der Waals surface area contributed by atoms with Crippen LogP contribution in [0.25, 0.3) is 0 Å². The Labute approximate surface area is 230 Å². The molecule has 0 fully saturated rings. The molecule has 212 valence electrons. The Morgan fingerprint density at radius 1 is 0.897 bits per heavy atom. The number of rotatable bonds is 12. The summed E-state index contributed by atoms with van der Waals surface area (Å²) in [5.74, 6) is 5.85. The summed E-state index contributed by atoms with van der Waals surface area (Å²) in [6.45, 7) is 5.31. The maximum Gasteiger partial charge on any atom is 0.328 e. The molecule has 2 rings (SSSR count). The number of benzene rings is 2. The van der Waals surface area contributed by atoms with Crippen molar-refractivity contribution >= 4 is 11.9 Å². The summed E-state index contributed by atoms with van der Waals surface area (Å²) in [6, 6.07) is 12.0. The Kier molecular flexibility index (Phi) is 14.2. The van der Waals surface area contributed by atoms with Gasteiger partial charge in [-0.2, -0.15) is 0 Å². The molecule has 0 spiro atoms. The minimum absolute atomic E-state index is 0.558. The van der Waals surface area contributed by atoms with Crippen molar-refractivity contribution in [2.24, 2.45) is 0 Å². The number of carboxylic acids is 2. The summed E-state index contributed by atoms with van der Waals surface area (Å²) >= 11 is 0. The number of hydrogen-bond donors (Lipinski definition) is 3. The minimum atomic E-state index is -1.26. The van der Waals surface area contributed by atoms with Gasteiger partial charge in [-0.05, 0) is 88.2 Å². The standard InChI is InChI=1S/C26H35NO4.C4H4O4/c1-26(2,28)15-13-21-10-11-23(29-4)19-22(21)8-7-16-27(3)17-14-20-9-12-24(30-5)25(18-20)31-6;5-3(6)1-2-4(7)8/h9-12,18-19,28H,7-8,14,16-17H2,1-6H3;1-2H,(H,5,6)(H,7,8). The molecule has 3 N–H and O–H groups in total. The van der Waals surface area contributed by atoms with E-state index in [-0.39, 0.29) is 0 Å². The highest BCUT2D eigenvalue weighted by atomic mass is 16.5. The molecule has 0 amide bonds. The number of carboxylic acid groups (broad SMARTS) is 2. The molecule has 2 aromatic rings. The molecule has 2 aromatic carbocycles. The lowest BCUT2D eigenvalue weighted by Crippen LogP contribution is -2.23. The fraction of sp³-hybridized carbons (Fsp3) is 0.400. The Hall–Kier alpha value is -4.00. The fourth-order valence-corrected chi connectivity index (χ4v) is 3.40. The molecule has 0 atom stereocenters. The van der Waals surface area contributed by atoms with E-state index < -0.39 is 17.5 Å². The van der Waals surface area contributed by atoms with Crippen LogP contribution in [0.15, 0.2) is 48.6 Å². The van der Waals surface area contributed by atoms with Gasteiger partial charge in [0.25, 0.3) is 0 Å². The molecule has 0 saturated carbocycles. The highest BCUT2D eigenvalue weighted by Gasteiger charge is 2.09. The van der Waals surface area contributed by atoms with Gasteiger partial charge in [0.2, 0.25) is 0 Å². The van der Waals surface area contributed by atoms with E-state index in [0.29, 0.717) is 12.2 Å². The Morgan fingerprint density at radius 3 is 2.08 bits per heavy atom. The van der Waals surface area contributed by atoms with Crippen LogP contribution in [0.2, 0.25) is 0 Å². The number of aliphatic hydroxyl groups is 1. The zero-order valence-corrected chi connectivity index (χ0v) is 23.5. The molecule has 39 heavy (non-hydrogen) atoms. The summed E-state index contributed by atoms with van der Waals surface area (Å²) in [4.78, 5) is 21.4. The third kappa shape index (κ3) is 13.9. The van der Waals surface area contributed by atoms with Crippen LogP contribution < -0.4 is 14.2 Å². The van der Waals surface area contributed by atoms with Crippen LogP contribution in [-0.4, -0.2) is 79.2 Å². The molecule has 0 aliphatic heterocycles. The van der Waals surface area contributed by atoms with Crippen molar-refractivity contribution in [2.75, 3.05) is 41.5 Å². The van der Waals surface area contributed by atoms with E-state index in [4.69, 9.17) is 24.4 Å². The van der Waals surface area contributed by atoms with E-state index in [1.807, 2.05) is 30.3 Å². The van der Waals surface area contributed by atoms with E-state index in [9.17, 15) is 14.7 Å². The van der Waals surface area contributed by atoms with Crippen LogP contribution >= 0.6 is 0 Å². The van der Waals surface area contributed by atoms with Gasteiger partial charge in [-0.15, -0.1) is 0 Å². The van der Waals surface area contributed by atoms with Crippen molar-refractivity contribution in [1.29, 1.82) is 0 Å². The minimum Gasteiger partial charge on any atom is -0.497 e. The molecule has 0 aliphatic carbocycles. The fourth-order valence-electron chi connectivity index (χ4n) is 3.40. The van der Waals surface area contributed by atoms with Crippen molar-refractivity contribution in [1.82, 2.24) is 4.90 Å². The summed E-state index contributed by atoms with van der Waals surface area (Å²) < 4.78 is 16.1. The molecule has 0 radical (unpaired) electrons. The topological polar surface area (TPSA) is 126 Å². The first kappa shape index (κ1) is 33.0. The zero-order valence-electron chi connectivity index (χ0n) is 23.5. The van der Waals surface area contributed by atoms with Crippen molar-refractivity contribution < 1.29 is 39.1 Å². The van der Waals surface area contributed by atoms with Gasteiger partial charge in [0.1, 0.15) is 11.4 Å². The second-order valence-corrected chi connectivity index (χ2v) is 9.19. The normalized spacial score (nSPS) is 10.8. The number of hydrogen-bond acceptors (Lipinski definition) is 7. The predicted molar refractivity (Wildman–Crippen MR) is 150 cm³/mol. The third-order valence-electron chi connectivity index (χ3n) is 5.40. The van der Waals surface area contributed by atoms with Crippen LogP contribution in [0.4, 0.5) is 0 Å². The van der Waals surface area contributed by atoms with Gasteiger partial charge in [0, 0.05) is 24.3 Å². The summed E-state index contributed by atoms with van der Waals surface area (Å²) in [6.07, 6.45) is 3.96. The lowest BCUT2D eigenvalue weighted by molar-refractivity contribution is -0.134. The van der Waals surface area contributed by atoms with Crippen LogP contribution in [-0.2, 0) is 22.4 Å². The van der Waals surface area contributed by atoms with Crippen LogP contribution in [0.1, 0.15) is 37.0 Å². The van der Waals surface area contributed by atoms with Gasteiger partial charge in [0.05, 0.1) is 21.3 Å². The molecule has 0 unspecified atom stereocenters. The van der Waals surface area contributed by atoms with Gasteiger partial charge < -0.3 is 34.4 Å². The third-order valence-corrected chi connectivity index (χ3v) is 5.40. The van der Waals surface area contributed by atoms with Crippen LogP contribution in [0.3, 0.4) is 0 Å². The maximum absolute atomic E-state index is 9.91. The van der Waals surface area contributed by atoms with Gasteiger partial charge in [-0.1, -0.05) is 17.9 Å². The number of ether oxygens (including phenoxy) is 3. The number of methoxy groups -OCH3 is 3. The van der Waals surface area contributed by atoms with Crippen LogP contribution in [0, 0.1) is 11.8 Å². The quantitative estimate of drug-likeness (QED) is 0.273. The lowest BCUT2D eigenvalue weighted by atomic mass is 10.0. The van der Waals surface area contributed by atoms with E-state index in [1.54, 1.807) is 35.2 Å². The first-order valence-electron chi connectivity index (χ1n) is 12.3. The second kappa shape index (κ2) is 16.8. The van der Waals surface area contributed by atoms with Gasteiger partial charge in [-0.25, -0.2) is 9.59 Å². The first-order chi connectivity index (χ1) is 18.4. The van der Waals surface area contributed by atoms with Crippen molar-refractivity contribution in [2.45, 2.75) is 38.7 Å². The number of likely N-dealkylation sites (N-methyl/N-ethyl adjacent to an activating group) is 1. The molecule has 9 heteroatoms. The van der Waals surface area contributed by atoms with E-state index in [1.165, 1.54) is 5.56 Å². The van der Waals surface area contributed by atoms with E-state index in [2.05, 4.69) is 29.9 Å². The summed E-state index contributed by atoms with van der Waals surface area (Å²) in [5.41, 5.74) is 2.29. The number of carbonyl (C=O) groups is 2. The molecule has 0 bridgehead atoms. The molecule has 0 heterocycles. The largest absolute Gasteiger partial charge is 0.497 e. The van der Waals surface area contributed by atoms with E-state index >= 15 is 0 Å². The summed E-state index contributed by atoms with van der Waals surface area (Å²) in [7, 11) is 7.12. The first-order valence-corrected chi connectivity index (χ1v) is 12.3. The van der Waals surface area contributed by atoms with Crippen molar-refractivity contribution in [3.05, 3.63) is 65.2 Å². The van der Waals surface area contributed by atoms with E-state index in [0.717, 1.165) is 60.7 Å². The number of aryl methyl sites for hydroxylation is 1. The van der Waals surface area contributed by atoms with Gasteiger partial charge >= 0.3 is 11.9 Å². The Morgan fingerprint density at radius 2 is 1.54 bits per heavy atom. The van der Waals surface area contributed by atoms with Gasteiger partial charge in [0.15, 0.2) is 11.5 Å².